The molecule has 1 heterocycles. The summed E-state index contributed by atoms with van der Waals surface area (Å²) in [5, 5.41) is 8.76. The number of hydrogen-bond donors (Lipinski definition) is 0. The molecule has 6 heteroatoms. The zero-order valence-electron chi connectivity index (χ0n) is 10.0. The summed E-state index contributed by atoms with van der Waals surface area (Å²) in [7, 11) is 0. The summed E-state index contributed by atoms with van der Waals surface area (Å²) >= 11 is 0. The first kappa shape index (κ1) is 13.7. The molecule has 1 aliphatic rings. The lowest BCUT2D eigenvalue weighted by molar-refractivity contribution is -0.137. The molecule has 1 aliphatic heterocycles. The maximum Gasteiger partial charge on any atom is 0.417 e. The van der Waals surface area contributed by atoms with Crippen molar-refractivity contribution in [1.82, 2.24) is 0 Å². The van der Waals surface area contributed by atoms with Crippen molar-refractivity contribution >= 4 is 0 Å². The first-order chi connectivity index (χ1) is 9.00. The third-order valence-electron chi connectivity index (χ3n) is 2.88. The SMILES string of the molecule is N#Cc1cc(OCC2CCCO2)ccc1C(F)(F)F. The van der Waals surface area contributed by atoms with Gasteiger partial charge in [-0.2, -0.15) is 18.4 Å². The van der Waals surface area contributed by atoms with Crippen LogP contribution in [0.5, 0.6) is 5.75 Å². The summed E-state index contributed by atoms with van der Waals surface area (Å²) in [4.78, 5) is 0. The lowest BCUT2D eigenvalue weighted by Crippen LogP contribution is -2.16. The molecule has 3 nitrogen and oxygen atoms in total. The summed E-state index contributed by atoms with van der Waals surface area (Å²) in [6, 6.07) is 4.73. The summed E-state index contributed by atoms with van der Waals surface area (Å²) in [6.07, 6.45) is -2.71. The summed E-state index contributed by atoms with van der Waals surface area (Å²) in [5.41, 5.74) is -1.38. The molecule has 1 saturated heterocycles. The van der Waals surface area contributed by atoms with E-state index in [9.17, 15) is 13.2 Å². The van der Waals surface area contributed by atoms with Crippen molar-refractivity contribution in [3.8, 4) is 11.8 Å². The molecular formula is C13H12F3NO2. The van der Waals surface area contributed by atoms with Crippen molar-refractivity contribution in [2.45, 2.75) is 25.1 Å². The lowest BCUT2D eigenvalue weighted by Gasteiger charge is -2.13. The Kier molecular flexibility index (Phi) is 3.96. The summed E-state index contributed by atoms with van der Waals surface area (Å²) in [5.74, 6) is 0.250. The zero-order valence-corrected chi connectivity index (χ0v) is 10.0. The van der Waals surface area contributed by atoms with Gasteiger partial charge in [0.1, 0.15) is 12.4 Å². The molecule has 102 valence electrons. The topological polar surface area (TPSA) is 42.2 Å². The van der Waals surface area contributed by atoms with Crippen LogP contribution in [0.3, 0.4) is 0 Å². The van der Waals surface area contributed by atoms with E-state index < -0.39 is 17.3 Å². The van der Waals surface area contributed by atoms with Crippen molar-refractivity contribution in [3.05, 3.63) is 29.3 Å². The average Bonchev–Trinajstić information content (AvgIpc) is 2.88. The van der Waals surface area contributed by atoms with Crippen molar-refractivity contribution in [2.24, 2.45) is 0 Å². The van der Waals surface area contributed by atoms with E-state index in [1.165, 1.54) is 12.1 Å². The monoisotopic (exact) mass is 271 g/mol. The summed E-state index contributed by atoms with van der Waals surface area (Å²) in [6.45, 7) is 0.973. The smallest absolute Gasteiger partial charge is 0.417 e. The molecule has 0 amide bonds. The molecule has 19 heavy (non-hydrogen) atoms. The Balaban J connectivity index is 2.08. The largest absolute Gasteiger partial charge is 0.491 e. The van der Waals surface area contributed by atoms with E-state index in [1.807, 2.05) is 0 Å². The van der Waals surface area contributed by atoms with Crippen molar-refractivity contribution in [1.29, 1.82) is 5.26 Å². The van der Waals surface area contributed by atoms with Gasteiger partial charge in [0.2, 0.25) is 0 Å². The van der Waals surface area contributed by atoms with Gasteiger partial charge in [-0.1, -0.05) is 0 Å². The second kappa shape index (κ2) is 5.49. The quantitative estimate of drug-likeness (QED) is 0.848. The fourth-order valence-electron chi connectivity index (χ4n) is 1.92. The highest BCUT2D eigenvalue weighted by molar-refractivity contribution is 5.44. The first-order valence-corrected chi connectivity index (χ1v) is 5.86. The highest BCUT2D eigenvalue weighted by Crippen LogP contribution is 2.33. The van der Waals surface area contributed by atoms with Crippen LogP contribution < -0.4 is 4.74 Å². The van der Waals surface area contributed by atoms with Gasteiger partial charge >= 0.3 is 6.18 Å². The number of nitrogens with zero attached hydrogens (tertiary/aromatic N) is 1. The number of ether oxygens (including phenoxy) is 2. The van der Waals surface area contributed by atoms with Gasteiger partial charge in [0, 0.05) is 6.61 Å². The van der Waals surface area contributed by atoms with Crippen LogP contribution in [0.25, 0.3) is 0 Å². The second-order valence-corrected chi connectivity index (χ2v) is 4.26. The number of alkyl halides is 3. The van der Waals surface area contributed by atoms with Gasteiger partial charge in [0.05, 0.1) is 23.3 Å². The van der Waals surface area contributed by atoms with Crippen LogP contribution in [-0.2, 0) is 10.9 Å². The van der Waals surface area contributed by atoms with E-state index >= 15 is 0 Å². The fourth-order valence-corrected chi connectivity index (χ4v) is 1.92. The molecule has 1 aromatic rings. The van der Waals surface area contributed by atoms with Crippen LogP contribution in [0, 0.1) is 11.3 Å². The van der Waals surface area contributed by atoms with Gasteiger partial charge in [-0.3, -0.25) is 0 Å². The summed E-state index contributed by atoms with van der Waals surface area (Å²) < 4.78 is 48.5. The standard InChI is InChI=1S/C13H12F3NO2/c14-13(15,16)12-4-3-10(6-9(12)7-17)19-8-11-2-1-5-18-11/h3-4,6,11H,1-2,5,8H2. The Hall–Kier alpha value is -1.74. The molecule has 0 N–H and O–H groups in total. The number of nitriles is 1. The number of hydrogen-bond acceptors (Lipinski definition) is 3. The number of rotatable bonds is 3. The molecule has 0 spiro atoms. The van der Waals surface area contributed by atoms with Crippen LogP contribution in [-0.4, -0.2) is 19.3 Å². The van der Waals surface area contributed by atoms with Crippen LogP contribution in [0.2, 0.25) is 0 Å². The van der Waals surface area contributed by atoms with Crippen LogP contribution in [0.15, 0.2) is 18.2 Å². The van der Waals surface area contributed by atoms with Gasteiger partial charge in [0.25, 0.3) is 0 Å². The number of halogens is 3. The Bertz CT molecular complexity index is 488. The Morgan fingerprint density at radius 2 is 2.21 bits per heavy atom. The van der Waals surface area contributed by atoms with Crippen LogP contribution in [0.4, 0.5) is 13.2 Å². The van der Waals surface area contributed by atoms with Gasteiger partial charge < -0.3 is 9.47 Å². The Morgan fingerprint density at radius 1 is 1.42 bits per heavy atom. The molecule has 0 aromatic heterocycles. The van der Waals surface area contributed by atoms with E-state index in [4.69, 9.17) is 14.7 Å². The van der Waals surface area contributed by atoms with E-state index in [-0.39, 0.29) is 18.5 Å². The fraction of sp³-hybridized carbons (Fsp3) is 0.462. The van der Waals surface area contributed by atoms with Gasteiger partial charge in [0.15, 0.2) is 0 Å². The highest BCUT2D eigenvalue weighted by atomic mass is 19.4. The Morgan fingerprint density at radius 3 is 2.79 bits per heavy atom. The lowest BCUT2D eigenvalue weighted by atomic mass is 10.1. The third-order valence-corrected chi connectivity index (χ3v) is 2.88. The molecule has 1 aromatic carbocycles. The zero-order chi connectivity index (χ0) is 13.9. The highest BCUT2D eigenvalue weighted by Gasteiger charge is 2.33. The predicted molar refractivity (Wildman–Crippen MR) is 60.6 cm³/mol. The van der Waals surface area contributed by atoms with Crippen molar-refractivity contribution in [3.63, 3.8) is 0 Å². The minimum absolute atomic E-state index is 0.0205. The van der Waals surface area contributed by atoms with Crippen molar-refractivity contribution < 1.29 is 22.6 Å². The van der Waals surface area contributed by atoms with Crippen molar-refractivity contribution in [2.75, 3.05) is 13.2 Å². The molecule has 2 rings (SSSR count). The predicted octanol–water partition coefficient (Wildman–Crippen LogP) is 3.13. The average molecular weight is 271 g/mol. The second-order valence-electron chi connectivity index (χ2n) is 4.26. The molecular weight excluding hydrogens is 259 g/mol. The van der Waals surface area contributed by atoms with E-state index in [2.05, 4.69) is 0 Å². The van der Waals surface area contributed by atoms with E-state index in [1.54, 1.807) is 0 Å². The third kappa shape index (κ3) is 3.38. The number of benzene rings is 1. The Labute approximate surface area is 108 Å². The van der Waals surface area contributed by atoms with Gasteiger partial charge in [-0.25, -0.2) is 0 Å². The molecule has 1 atom stereocenters. The molecule has 0 aliphatic carbocycles. The first-order valence-electron chi connectivity index (χ1n) is 5.86. The molecule has 1 fully saturated rings. The minimum Gasteiger partial charge on any atom is -0.491 e. The van der Waals surface area contributed by atoms with E-state index in [0.29, 0.717) is 6.61 Å². The van der Waals surface area contributed by atoms with Gasteiger partial charge in [-0.05, 0) is 31.0 Å². The molecule has 0 saturated carbocycles. The molecule has 0 radical (unpaired) electrons. The molecule has 1 unspecified atom stereocenters. The van der Waals surface area contributed by atoms with Crippen LogP contribution >= 0.6 is 0 Å². The normalized spacial score (nSPS) is 19.2. The van der Waals surface area contributed by atoms with Crippen LogP contribution in [0.1, 0.15) is 24.0 Å². The minimum atomic E-state index is -4.53. The maximum atomic E-state index is 12.6. The maximum absolute atomic E-state index is 12.6. The van der Waals surface area contributed by atoms with Gasteiger partial charge in [-0.15, -0.1) is 0 Å². The molecule has 0 bridgehead atoms. The van der Waals surface area contributed by atoms with E-state index in [0.717, 1.165) is 25.0 Å².